The van der Waals surface area contributed by atoms with Crippen molar-refractivity contribution >= 4 is 11.6 Å². The van der Waals surface area contributed by atoms with Gasteiger partial charge in [0.05, 0.1) is 12.6 Å². The second-order valence-corrected chi connectivity index (χ2v) is 4.33. The maximum atomic E-state index is 12.1. The standard InChI is InChI=1S/C14H22N2O2/c1-4-16(9-10-17)12(3)14(18)15-13-8-6-5-7-11(13)2/h5-8,12,17H,4,9-10H2,1-3H3,(H,15,18). The third-order valence-electron chi connectivity index (χ3n) is 3.12. The van der Waals surface area contributed by atoms with E-state index < -0.39 is 0 Å². The first-order valence-corrected chi connectivity index (χ1v) is 6.31. The van der Waals surface area contributed by atoms with Gasteiger partial charge in [-0.25, -0.2) is 0 Å². The highest BCUT2D eigenvalue weighted by atomic mass is 16.3. The number of nitrogens with one attached hydrogen (secondary N) is 1. The van der Waals surface area contributed by atoms with Crippen LogP contribution in [0.15, 0.2) is 24.3 Å². The predicted octanol–water partition coefficient (Wildman–Crippen LogP) is 1.64. The lowest BCUT2D eigenvalue weighted by atomic mass is 10.2. The van der Waals surface area contributed by atoms with Crippen molar-refractivity contribution in [3.63, 3.8) is 0 Å². The molecule has 1 rings (SSSR count). The average Bonchev–Trinajstić information content (AvgIpc) is 2.37. The molecule has 0 aliphatic rings. The number of hydrogen-bond donors (Lipinski definition) is 2. The van der Waals surface area contributed by atoms with E-state index in [2.05, 4.69) is 5.32 Å². The molecular formula is C14H22N2O2. The minimum absolute atomic E-state index is 0.0420. The summed E-state index contributed by atoms with van der Waals surface area (Å²) >= 11 is 0. The average molecular weight is 250 g/mol. The van der Waals surface area contributed by atoms with Crippen LogP contribution in [0.25, 0.3) is 0 Å². The van der Waals surface area contributed by atoms with Crippen molar-refractivity contribution in [3.05, 3.63) is 29.8 Å². The van der Waals surface area contributed by atoms with Crippen LogP contribution in [0.5, 0.6) is 0 Å². The summed E-state index contributed by atoms with van der Waals surface area (Å²) in [5.74, 6) is -0.0420. The van der Waals surface area contributed by atoms with Crippen molar-refractivity contribution in [2.75, 3.05) is 25.0 Å². The fourth-order valence-electron chi connectivity index (χ4n) is 1.87. The first kappa shape index (κ1) is 14.7. The Labute approximate surface area is 109 Å². The van der Waals surface area contributed by atoms with Crippen LogP contribution in [-0.2, 0) is 4.79 Å². The number of nitrogens with zero attached hydrogens (tertiary/aromatic N) is 1. The Hall–Kier alpha value is -1.39. The number of carbonyl (C=O) groups excluding carboxylic acids is 1. The molecular weight excluding hydrogens is 228 g/mol. The number of para-hydroxylation sites is 1. The normalized spacial score (nSPS) is 12.5. The molecule has 1 amide bonds. The summed E-state index contributed by atoms with van der Waals surface area (Å²) < 4.78 is 0. The SMILES string of the molecule is CCN(CCO)C(C)C(=O)Nc1ccccc1C. The summed E-state index contributed by atoms with van der Waals surface area (Å²) in [7, 11) is 0. The second-order valence-electron chi connectivity index (χ2n) is 4.33. The van der Waals surface area contributed by atoms with Crippen molar-refractivity contribution in [2.24, 2.45) is 0 Å². The second kappa shape index (κ2) is 7.13. The molecule has 1 aromatic rings. The van der Waals surface area contributed by atoms with Crippen molar-refractivity contribution in [2.45, 2.75) is 26.8 Å². The minimum atomic E-state index is -0.248. The van der Waals surface area contributed by atoms with E-state index in [4.69, 9.17) is 5.11 Å². The van der Waals surface area contributed by atoms with Crippen molar-refractivity contribution in [1.29, 1.82) is 0 Å². The summed E-state index contributed by atoms with van der Waals surface area (Å²) in [6, 6.07) is 7.45. The molecule has 4 nitrogen and oxygen atoms in total. The van der Waals surface area contributed by atoms with Crippen LogP contribution in [0.1, 0.15) is 19.4 Å². The molecule has 0 aromatic heterocycles. The molecule has 18 heavy (non-hydrogen) atoms. The van der Waals surface area contributed by atoms with Gasteiger partial charge in [-0.1, -0.05) is 25.1 Å². The molecule has 1 unspecified atom stereocenters. The molecule has 0 aliphatic carbocycles. The maximum absolute atomic E-state index is 12.1. The molecule has 0 heterocycles. The van der Waals surface area contributed by atoms with Crippen molar-refractivity contribution < 1.29 is 9.90 Å². The molecule has 4 heteroatoms. The van der Waals surface area contributed by atoms with E-state index in [-0.39, 0.29) is 18.6 Å². The van der Waals surface area contributed by atoms with Crippen LogP contribution in [0.4, 0.5) is 5.69 Å². The summed E-state index contributed by atoms with van der Waals surface area (Å²) in [5.41, 5.74) is 1.89. The highest BCUT2D eigenvalue weighted by Crippen LogP contribution is 2.14. The summed E-state index contributed by atoms with van der Waals surface area (Å²) in [6.07, 6.45) is 0. The molecule has 0 bridgehead atoms. The number of aliphatic hydroxyl groups excluding tert-OH is 1. The molecule has 0 radical (unpaired) electrons. The number of aliphatic hydroxyl groups is 1. The van der Waals surface area contributed by atoms with E-state index >= 15 is 0 Å². The zero-order chi connectivity index (χ0) is 13.5. The molecule has 1 atom stereocenters. The number of likely N-dealkylation sites (N-methyl/N-ethyl adjacent to an activating group) is 1. The van der Waals surface area contributed by atoms with Gasteiger partial charge in [0.1, 0.15) is 0 Å². The fraction of sp³-hybridized carbons (Fsp3) is 0.500. The molecule has 0 saturated heterocycles. The van der Waals surface area contributed by atoms with Gasteiger partial charge in [-0.15, -0.1) is 0 Å². The number of amides is 1. The van der Waals surface area contributed by atoms with Gasteiger partial charge in [0, 0.05) is 12.2 Å². The van der Waals surface area contributed by atoms with Crippen molar-refractivity contribution in [1.82, 2.24) is 4.90 Å². The van der Waals surface area contributed by atoms with Crippen LogP contribution in [0.3, 0.4) is 0 Å². The summed E-state index contributed by atoms with van der Waals surface area (Å²) in [5, 5.41) is 11.9. The molecule has 0 spiro atoms. The van der Waals surface area contributed by atoms with Gasteiger partial charge in [0.25, 0.3) is 0 Å². The Morgan fingerprint density at radius 2 is 2.11 bits per heavy atom. The van der Waals surface area contributed by atoms with Crippen LogP contribution in [-0.4, -0.2) is 41.7 Å². The Balaban J connectivity index is 2.67. The zero-order valence-corrected chi connectivity index (χ0v) is 11.3. The number of carbonyl (C=O) groups is 1. The van der Waals surface area contributed by atoms with E-state index in [0.29, 0.717) is 6.54 Å². The molecule has 2 N–H and O–H groups in total. The number of aryl methyl sites for hydroxylation is 1. The fourth-order valence-corrected chi connectivity index (χ4v) is 1.87. The Morgan fingerprint density at radius 3 is 2.67 bits per heavy atom. The smallest absolute Gasteiger partial charge is 0.241 e. The lowest BCUT2D eigenvalue weighted by molar-refractivity contribution is -0.120. The van der Waals surface area contributed by atoms with E-state index in [1.54, 1.807) is 0 Å². The summed E-state index contributed by atoms with van der Waals surface area (Å²) in [6.45, 7) is 7.11. The first-order valence-electron chi connectivity index (χ1n) is 6.31. The third kappa shape index (κ3) is 3.82. The summed E-state index contributed by atoms with van der Waals surface area (Å²) in [4.78, 5) is 14.0. The predicted molar refractivity (Wildman–Crippen MR) is 73.6 cm³/mol. The number of rotatable bonds is 6. The maximum Gasteiger partial charge on any atom is 0.241 e. The van der Waals surface area contributed by atoms with Gasteiger partial charge in [-0.3, -0.25) is 9.69 Å². The quantitative estimate of drug-likeness (QED) is 0.807. The van der Waals surface area contributed by atoms with Crippen LogP contribution >= 0.6 is 0 Å². The highest BCUT2D eigenvalue weighted by Gasteiger charge is 2.19. The Bertz CT molecular complexity index is 393. The Morgan fingerprint density at radius 1 is 1.44 bits per heavy atom. The van der Waals surface area contributed by atoms with Gasteiger partial charge in [-0.05, 0) is 32.0 Å². The van der Waals surface area contributed by atoms with E-state index in [1.807, 2.05) is 49.9 Å². The van der Waals surface area contributed by atoms with E-state index in [1.165, 1.54) is 0 Å². The van der Waals surface area contributed by atoms with E-state index in [0.717, 1.165) is 17.8 Å². The molecule has 100 valence electrons. The number of benzene rings is 1. The van der Waals surface area contributed by atoms with Crippen molar-refractivity contribution in [3.8, 4) is 0 Å². The Kier molecular flexibility index (Phi) is 5.82. The van der Waals surface area contributed by atoms with Gasteiger partial charge in [-0.2, -0.15) is 0 Å². The topological polar surface area (TPSA) is 52.6 Å². The van der Waals surface area contributed by atoms with Crippen LogP contribution in [0, 0.1) is 6.92 Å². The molecule has 0 aliphatic heterocycles. The third-order valence-corrected chi connectivity index (χ3v) is 3.12. The largest absolute Gasteiger partial charge is 0.395 e. The zero-order valence-electron chi connectivity index (χ0n) is 11.3. The number of anilines is 1. The van der Waals surface area contributed by atoms with Gasteiger partial charge >= 0.3 is 0 Å². The van der Waals surface area contributed by atoms with Crippen LogP contribution < -0.4 is 5.32 Å². The van der Waals surface area contributed by atoms with Gasteiger partial charge < -0.3 is 10.4 Å². The lowest BCUT2D eigenvalue weighted by Crippen LogP contribution is -2.43. The highest BCUT2D eigenvalue weighted by molar-refractivity contribution is 5.95. The monoisotopic (exact) mass is 250 g/mol. The van der Waals surface area contributed by atoms with Gasteiger partial charge in [0.2, 0.25) is 5.91 Å². The number of hydrogen-bond acceptors (Lipinski definition) is 3. The van der Waals surface area contributed by atoms with E-state index in [9.17, 15) is 4.79 Å². The minimum Gasteiger partial charge on any atom is -0.395 e. The molecule has 0 fully saturated rings. The van der Waals surface area contributed by atoms with Gasteiger partial charge in [0.15, 0.2) is 0 Å². The molecule has 0 saturated carbocycles. The van der Waals surface area contributed by atoms with Crippen LogP contribution in [0.2, 0.25) is 0 Å². The lowest BCUT2D eigenvalue weighted by Gasteiger charge is -2.26. The molecule has 1 aromatic carbocycles. The first-order chi connectivity index (χ1) is 8.60.